The minimum absolute atomic E-state index is 0.103. The molecule has 1 unspecified atom stereocenters. The third-order valence-electron chi connectivity index (χ3n) is 4.95. The Balaban J connectivity index is 2.00. The number of halogens is 1. The second-order valence-corrected chi connectivity index (χ2v) is 7.63. The average Bonchev–Trinajstić information content (AvgIpc) is 2.82. The number of nitrogens with zero attached hydrogens (tertiary/aromatic N) is 3. The lowest BCUT2D eigenvalue weighted by Gasteiger charge is -2.20. The van der Waals surface area contributed by atoms with Crippen molar-refractivity contribution < 1.29 is 4.79 Å². The summed E-state index contributed by atoms with van der Waals surface area (Å²) in [6.07, 6.45) is 2.73. The normalized spacial score (nSPS) is 11.5. The lowest BCUT2D eigenvalue weighted by molar-refractivity contribution is -0.122. The summed E-state index contributed by atoms with van der Waals surface area (Å²) in [6.45, 7) is 6.30. The standard InChI is InChI=1S/C24H23ClN4O4/c1-3-14-27-22(31)28(15-4-2)24(33)29(23(27)32)16-20(30)26-21(17-8-6-5-7-9-17)18-10-12-19(25)13-11-18/h3-13,21H,1-2,14-16H2,(H,26,30). The summed E-state index contributed by atoms with van der Waals surface area (Å²) in [5, 5.41) is 3.42. The van der Waals surface area contributed by atoms with Gasteiger partial charge in [0, 0.05) is 5.02 Å². The van der Waals surface area contributed by atoms with Gasteiger partial charge in [-0.2, -0.15) is 0 Å². The highest BCUT2D eigenvalue weighted by molar-refractivity contribution is 6.30. The number of allylic oxidation sites excluding steroid dienone is 2. The molecule has 1 aromatic heterocycles. The maximum absolute atomic E-state index is 13.0. The number of hydrogen-bond acceptors (Lipinski definition) is 4. The average molecular weight is 467 g/mol. The molecule has 1 amide bonds. The second-order valence-electron chi connectivity index (χ2n) is 7.20. The van der Waals surface area contributed by atoms with Crippen LogP contribution < -0.4 is 22.4 Å². The fraction of sp³-hybridized carbons (Fsp3) is 0.167. The zero-order valence-corrected chi connectivity index (χ0v) is 18.6. The van der Waals surface area contributed by atoms with Crippen molar-refractivity contribution in [1.29, 1.82) is 0 Å². The first-order valence-electron chi connectivity index (χ1n) is 10.1. The van der Waals surface area contributed by atoms with Crippen LogP contribution in [0.1, 0.15) is 17.2 Å². The van der Waals surface area contributed by atoms with Crippen LogP contribution in [0.3, 0.4) is 0 Å². The molecule has 1 N–H and O–H groups in total. The van der Waals surface area contributed by atoms with E-state index in [1.807, 2.05) is 30.3 Å². The highest BCUT2D eigenvalue weighted by atomic mass is 35.5. The first kappa shape index (κ1) is 23.7. The SMILES string of the molecule is C=CCn1c(=O)n(CC=C)c(=O)n(CC(=O)NC(c2ccccc2)c2ccc(Cl)cc2)c1=O. The van der Waals surface area contributed by atoms with Gasteiger partial charge in [0.2, 0.25) is 5.91 Å². The fourth-order valence-electron chi connectivity index (χ4n) is 3.40. The molecule has 0 aliphatic rings. The van der Waals surface area contributed by atoms with Crippen LogP contribution >= 0.6 is 11.6 Å². The quantitative estimate of drug-likeness (QED) is 0.488. The van der Waals surface area contributed by atoms with Crippen LogP contribution in [-0.4, -0.2) is 19.6 Å². The molecule has 33 heavy (non-hydrogen) atoms. The number of amides is 1. The lowest BCUT2D eigenvalue weighted by Crippen LogP contribution is -2.55. The predicted molar refractivity (Wildman–Crippen MR) is 127 cm³/mol. The van der Waals surface area contributed by atoms with E-state index in [9.17, 15) is 19.2 Å². The Labute approximate surface area is 194 Å². The van der Waals surface area contributed by atoms with Gasteiger partial charge in [-0.1, -0.05) is 66.2 Å². The zero-order valence-electron chi connectivity index (χ0n) is 17.8. The van der Waals surface area contributed by atoms with Gasteiger partial charge in [0.05, 0.1) is 19.1 Å². The van der Waals surface area contributed by atoms with Gasteiger partial charge in [-0.05, 0) is 23.3 Å². The Morgan fingerprint density at radius 2 is 1.30 bits per heavy atom. The first-order chi connectivity index (χ1) is 15.9. The number of carbonyl (C=O) groups excluding carboxylic acids is 1. The van der Waals surface area contributed by atoms with Crippen LogP contribution in [0.2, 0.25) is 5.02 Å². The molecule has 1 atom stereocenters. The molecule has 170 valence electrons. The van der Waals surface area contributed by atoms with Gasteiger partial charge in [0.1, 0.15) is 6.54 Å². The predicted octanol–water partition coefficient (Wildman–Crippen LogP) is 2.10. The zero-order chi connectivity index (χ0) is 24.0. The Kier molecular flexibility index (Phi) is 7.63. The molecule has 0 aliphatic heterocycles. The Bertz CT molecular complexity index is 1290. The van der Waals surface area contributed by atoms with Gasteiger partial charge in [-0.3, -0.25) is 4.79 Å². The Morgan fingerprint density at radius 1 is 0.818 bits per heavy atom. The molecule has 0 radical (unpaired) electrons. The van der Waals surface area contributed by atoms with Crippen LogP contribution in [0.4, 0.5) is 0 Å². The molecule has 0 spiro atoms. The van der Waals surface area contributed by atoms with Gasteiger partial charge in [0.25, 0.3) is 0 Å². The minimum Gasteiger partial charge on any atom is -0.344 e. The summed E-state index contributed by atoms with van der Waals surface area (Å²) in [6, 6.07) is 15.7. The van der Waals surface area contributed by atoms with E-state index >= 15 is 0 Å². The van der Waals surface area contributed by atoms with E-state index in [-0.39, 0.29) is 13.1 Å². The molecule has 8 nitrogen and oxygen atoms in total. The van der Waals surface area contributed by atoms with Crippen LogP contribution in [0.5, 0.6) is 0 Å². The summed E-state index contributed by atoms with van der Waals surface area (Å²) in [4.78, 5) is 51.1. The number of hydrogen-bond donors (Lipinski definition) is 1. The number of carbonyl (C=O) groups is 1. The highest BCUT2D eigenvalue weighted by Gasteiger charge is 2.20. The molecular weight excluding hydrogens is 444 g/mol. The Morgan fingerprint density at radius 3 is 1.82 bits per heavy atom. The molecule has 0 fully saturated rings. The largest absolute Gasteiger partial charge is 0.344 e. The maximum Gasteiger partial charge on any atom is 0.337 e. The van der Waals surface area contributed by atoms with Gasteiger partial charge in [-0.15, -0.1) is 13.2 Å². The van der Waals surface area contributed by atoms with Crippen molar-refractivity contribution in [1.82, 2.24) is 19.0 Å². The van der Waals surface area contributed by atoms with E-state index in [0.29, 0.717) is 5.02 Å². The molecule has 0 aliphatic carbocycles. The van der Waals surface area contributed by atoms with Crippen LogP contribution in [0, 0.1) is 0 Å². The lowest BCUT2D eigenvalue weighted by atomic mass is 9.98. The first-order valence-corrected chi connectivity index (χ1v) is 10.5. The van der Waals surface area contributed by atoms with Gasteiger partial charge < -0.3 is 5.32 Å². The number of aromatic nitrogens is 3. The minimum atomic E-state index is -0.886. The van der Waals surface area contributed by atoms with Crippen molar-refractivity contribution >= 4 is 17.5 Å². The summed E-state index contributed by atoms with van der Waals surface area (Å²) < 4.78 is 2.42. The van der Waals surface area contributed by atoms with Gasteiger partial charge in [0.15, 0.2) is 0 Å². The summed E-state index contributed by atoms with van der Waals surface area (Å²) in [7, 11) is 0. The highest BCUT2D eigenvalue weighted by Crippen LogP contribution is 2.23. The molecule has 3 aromatic rings. The molecule has 2 aromatic carbocycles. The summed E-state index contributed by atoms with van der Waals surface area (Å²) >= 11 is 6.00. The molecule has 0 saturated heterocycles. The third kappa shape index (κ3) is 5.30. The molecular formula is C24H23ClN4O4. The molecule has 0 saturated carbocycles. The number of benzene rings is 2. The van der Waals surface area contributed by atoms with E-state index in [0.717, 1.165) is 24.8 Å². The topological polar surface area (TPSA) is 95.1 Å². The van der Waals surface area contributed by atoms with Crippen molar-refractivity contribution in [3.8, 4) is 0 Å². The summed E-state index contributed by atoms with van der Waals surface area (Å²) in [5.41, 5.74) is -0.982. The van der Waals surface area contributed by atoms with Crippen molar-refractivity contribution in [3.05, 3.63) is 128 Å². The van der Waals surface area contributed by atoms with Crippen molar-refractivity contribution in [2.75, 3.05) is 0 Å². The maximum atomic E-state index is 13.0. The smallest absolute Gasteiger partial charge is 0.337 e. The van der Waals surface area contributed by atoms with Crippen LogP contribution in [-0.2, 0) is 24.4 Å². The molecule has 9 heteroatoms. The molecule has 3 rings (SSSR count). The monoisotopic (exact) mass is 466 g/mol. The van der Waals surface area contributed by atoms with E-state index in [1.54, 1.807) is 24.3 Å². The van der Waals surface area contributed by atoms with Gasteiger partial charge in [-0.25, -0.2) is 28.1 Å². The fourth-order valence-corrected chi connectivity index (χ4v) is 3.52. The van der Waals surface area contributed by atoms with Gasteiger partial charge >= 0.3 is 17.1 Å². The Hall–Kier alpha value is -3.91. The van der Waals surface area contributed by atoms with Crippen LogP contribution in [0.15, 0.2) is 94.3 Å². The third-order valence-corrected chi connectivity index (χ3v) is 5.20. The van der Waals surface area contributed by atoms with Crippen molar-refractivity contribution in [3.63, 3.8) is 0 Å². The molecule has 0 bridgehead atoms. The van der Waals surface area contributed by atoms with E-state index < -0.39 is 35.6 Å². The summed E-state index contributed by atoms with van der Waals surface area (Å²) in [5.74, 6) is -0.577. The van der Waals surface area contributed by atoms with E-state index in [2.05, 4.69) is 18.5 Å². The molecule has 1 heterocycles. The number of nitrogens with one attached hydrogen (secondary N) is 1. The van der Waals surface area contributed by atoms with Crippen LogP contribution in [0.25, 0.3) is 0 Å². The van der Waals surface area contributed by atoms with Crippen molar-refractivity contribution in [2.24, 2.45) is 0 Å². The number of rotatable bonds is 9. The van der Waals surface area contributed by atoms with E-state index in [4.69, 9.17) is 11.6 Å². The van der Waals surface area contributed by atoms with Crippen molar-refractivity contribution in [2.45, 2.75) is 25.7 Å². The van der Waals surface area contributed by atoms with E-state index in [1.165, 1.54) is 12.2 Å². The second kappa shape index (κ2) is 10.6.